The molecule has 3 rings (SSSR count). The third-order valence-corrected chi connectivity index (χ3v) is 4.04. The molecule has 0 spiro atoms. The van der Waals surface area contributed by atoms with Crippen LogP contribution in [0.5, 0.6) is 0 Å². The van der Waals surface area contributed by atoms with Gasteiger partial charge in [0.05, 0.1) is 0 Å². The summed E-state index contributed by atoms with van der Waals surface area (Å²) < 4.78 is 0. The Kier molecular flexibility index (Phi) is 2.71. The highest BCUT2D eigenvalue weighted by molar-refractivity contribution is 5.45. The van der Waals surface area contributed by atoms with Crippen molar-refractivity contribution in [2.24, 2.45) is 0 Å². The average Bonchev–Trinajstić information content (AvgIpc) is 2.40. The van der Waals surface area contributed by atoms with Gasteiger partial charge in [-0.15, -0.1) is 0 Å². The molecule has 0 bridgehead atoms. The smallest absolute Gasteiger partial charge is 0.115 e. The maximum absolute atomic E-state index is 11.2. The van der Waals surface area contributed by atoms with Crippen molar-refractivity contribution < 1.29 is 5.11 Å². The zero-order valence-electron chi connectivity index (χ0n) is 10.7. The van der Waals surface area contributed by atoms with Gasteiger partial charge in [-0.1, -0.05) is 48.5 Å². The van der Waals surface area contributed by atoms with Crippen LogP contribution in [0.1, 0.15) is 35.1 Å². The molecule has 1 aliphatic carbocycles. The van der Waals surface area contributed by atoms with E-state index in [-0.39, 0.29) is 0 Å². The normalized spacial score (nSPS) is 22.6. The van der Waals surface area contributed by atoms with E-state index in [1.54, 1.807) is 0 Å². The molecule has 1 aliphatic rings. The van der Waals surface area contributed by atoms with Gasteiger partial charge in [0.15, 0.2) is 0 Å². The Bertz CT molecular complexity index is 573. The molecule has 0 fully saturated rings. The molecular formula is C17H18O. The van der Waals surface area contributed by atoms with E-state index in [4.69, 9.17) is 0 Å². The molecule has 0 heterocycles. The monoisotopic (exact) mass is 238 g/mol. The number of aliphatic hydroxyl groups is 1. The van der Waals surface area contributed by atoms with Gasteiger partial charge in [-0.25, -0.2) is 0 Å². The Morgan fingerprint density at radius 2 is 1.61 bits per heavy atom. The van der Waals surface area contributed by atoms with Crippen molar-refractivity contribution in [3.63, 3.8) is 0 Å². The molecule has 0 radical (unpaired) electrons. The number of hydrogen-bond acceptors (Lipinski definition) is 1. The summed E-state index contributed by atoms with van der Waals surface area (Å²) in [4.78, 5) is 0. The van der Waals surface area contributed by atoms with Gasteiger partial charge in [0.25, 0.3) is 0 Å². The van der Waals surface area contributed by atoms with Crippen molar-refractivity contribution >= 4 is 0 Å². The standard InChI is InChI=1S/C17H18O/c1-13-7-2-4-10-15(13)17(18)12-6-9-14-8-3-5-11-16(14)17/h2-5,7-8,10-11,18H,6,9,12H2,1H3. The minimum Gasteiger partial charge on any atom is -0.380 e. The second kappa shape index (κ2) is 4.25. The van der Waals surface area contributed by atoms with Crippen molar-refractivity contribution in [3.8, 4) is 0 Å². The van der Waals surface area contributed by atoms with Gasteiger partial charge in [-0.05, 0) is 48.4 Å². The van der Waals surface area contributed by atoms with Crippen LogP contribution in [0.15, 0.2) is 48.5 Å². The molecule has 1 nitrogen and oxygen atoms in total. The molecule has 0 saturated heterocycles. The number of fused-ring (bicyclic) bond motifs is 1. The Labute approximate surface area is 108 Å². The second-order valence-corrected chi connectivity index (χ2v) is 5.19. The second-order valence-electron chi connectivity index (χ2n) is 5.19. The van der Waals surface area contributed by atoms with Crippen LogP contribution in [-0.4, -0.2) is 5.11 Å². The zero-order valence-corrected chi connectivity index (χ0v) is 10.7. The third kappa shape index (κ3) is 1.67. The Balaban J connectivity index is 2.20. The average molecular weight is 238 g/mol. The number of aryl methyl sites for hydroxylation is 2. The van der Waals surface area contributed by atoms with Crippen LogP contribution in [0, 0.1) is 6.92 Å². The highest BCUT2D eigenvalue weighted by Gasteiger charge is 2.36. The largest absolute Gasteiger partial charge is 0.380 e. The molecule has 18 heavy (non-hydrogen) atoms. The number of benzene rings is 2. The van der Waals surface area contributed by atoms with Crippen LogP contribution in [0.3, 0.4) is 0 Å². The molecule has 1 heteroatoms. The SMILES string of the molecule is Cc1ccccc1C1(O)CCCc2ccccc21. The van der Waals surface area contributed by atoms with Crippen molar-refractivity contribution in [3.05, 3.63) is 70.8 Å². The lowest BCUT2D eigenvalue weighted by Gasteiger charge is -2.36. The molecule has 92 valence electrons. The van der Waals surface area contributed by atoms with Crippen molar-refractivity contribution in [1.82, 2.24) is 0 Å². The maximum atomic E-state index is 11.2. The van der Waals surface area contributed by atoms with E-state index in [1.807, 2.05) is 18.2 Å². The van der Waals surface area contributed by atoms with Crippen molar-refractivity contribution in [2.75, 3.05) is 0 Å². The quantitative estimate of drug-likeness (QED) is 0.805. The van der Waals surface area contributed by atoms with E-state index >= 15 is 0 Å². The van der Waals surface area contributed by atoms with E-state index in [1.165, 1.54) is 5.56 Å². The first-order valence-electron chi connectivity index (χ1n) is 6.59. The predicted molar refractivity (Wildman–Crippen MR) is 73.6 cm³/mol. The summed E-state index contributed by atoms with van der Waals surface area (Å²) in [5.41, 5.74) is 3.79. The molecule has 1 unspecified atom stereocenters. The van der Waals surface area contributed by atoms with E-state index in [2.05, 4.69) is 37.3 Å². The summed E-state index contributed by atoms with van der Waals surface area (Å²) >= 11 is 0. The van der Waals surface area contributed by atoms with E-state index in [0.717, 1.165) is 36.0 Å². The molecule has 0 aliphatic heterocycles. The van der Waals surface area contributed by atoms with E-state index < -0.39 is 5.60 Å². The van der Waals surface area contributed by atoms with Crippen molar-refractivity contribution in [2.45, 2.75) is 31.8 Å². The predicted octanol–water partition coefficient (Wildman–Crippen LogP) is 3.57. The number of rotatable bonds is 1. The highest BCUT2D eigenvalue weighted by Crippen LogP contribution is 2.41. The molecule has 2 aromatic carbocycles. The first-order chi connectivity index (χ1) is 8.72. The summed E-state index contributed by atoms with van der Waals surface area (Å²) in [6.45, 7) is 2.07. The lowest BCUT2D eigenvalue weighted by Crippen LogP contribution is -2.32. The van der Waals surface area contributed by atoms with Crippen LogP contribution >= 0.6 is 0 Å². The first-order valence-corrected chi connectivity index (χ1v) is 6.59. The van der Waals surface area contributed by atoms with Gasteiger partial charge < -0.3 is 5.11 Å². The first kappa shape index (κ1) is 11.5. The molecule has 2 aromatic rings. The van der Waals surface area contributed by atoms with E-state index in [9.17, 15) is 5.11 Å². The van der Waals surface area contributed by atoms with Crippen LogP contribution in [0.2, 0.25) is 0 Å². The minimum atomic E-state index is -0.805. The third-order valence-electron chi connectivity index (χ3n) is 4.04. The van der Waals surface area contributed by atoms with E-state index in [0.29, 0.717) is 0 Å². The Hall–Kier alpha value is -1.60. The fourth-order valence-corrected chi connectivity index (χ4v) is 3.13. The van der Waals surface area contributed by atoms with Gasteiger partial charge in [0.2, 0.25) is 0 Å². The summed E-state index contributed by atoms with van der Waals surface area (Å²) in [5.74, 6) is 0. The Morgan fingerprint density at radius 1 is 0.944 bits per heavy atom. The number of hydrogen-bond donors (Lipinski definition) is 1. The summed E-state index contributed by atoms with van der Waals surface area (Å²) in [7, 11) is 0. The van der Waals surface area contributed by atoms with Crippen LogP contribution in [-0.2, 0) is 12.0 Å². The fourth-order valence-electron chi connectivity index (χ4n) is 3.13. The van der Waals surface area contributed by atoms with Crippen LogP contribution < -0.4 is 0 Å². The zero-order chi connectivity index (χ0) is 12.6. The van der Waals surface area contributed by atoms with Gasteiger partial charge >= 0.3 is 0 Å². The summed E-state index contributed by atoms with van der Waals surface area (Å²) in [6.07, 6.45) is 2.93. The van der Waals surface area contributed by atoms with Crippen LogP contribution in [0.4, 0.5) is 0 Å². The molecule has 1 atom stereocenters. The minimum absolute atomic E-state index is 0.805. The fraction of sp³-hybridized carbons (Fsp3) is 0.294. The Morgan fingerprint density at radius 3 is 2.39 bits per heavy atom. The molecule has 0 saturated carbocycles. The highest BCUT2D eigenvalue weighted by atomic mass is 16.3. The topological polar surface area (TPSA) is 20.2 Å². The van der Waals surface area contributed by atoms with Crippen LogP contribution in [0.25, 0.3) is 0 Å². The molecular weight excluding hydrogens is 220 g/mol. The van der Waals surface area contributed by atoms with Gasteiger partial charge in [0, 0.05) is 0 Å². The van der Waals surface area contributed by atoms with Gasteiger partial charge in [-0.2, -0.15) is 0 Å². The maximum Gasteiger partial charge on any atom is 0.115 e. The van der Waals surface area contributed by atoms with Gasteiger partial charge in [-0.3, -0.25) is 0 Å². The van der Waals surface area contributed by atoms with Gasteiger partial charge in [0.1, 0.15) is 5.60 Å². The summed E-state index contributed by atoms with van der Waals surface area (Å²) in [6, 6.07) is 16.4. The molecule has 1 N–H and O–H groups in total. The molecule has 0 amide bonds. The lowest BCUT2D eigenvalue weighted by atomic mass is 9.74. The summed E-state index contributed by atoms with van der Waals surface area (Å²) in [5, 5.41) is 11.2. The lowest BCUT2D eigenvalue weighted by molar-refractivity contribution is 0.0610. The van der Waals surface area contributed by atoms with Crippen molar-refractivity contribution in [1.29, 1.82) is 0 Å². The molecule has 0 aromatic heterocycles.